The molecule has 1 aliphatic rings. The zero-order chi connectivity index (χ0) is 18.5. The average molecular weight is 397 g/mol. The fourth-order valence-electron chi connectivity index (χ4n) is 2.24. The number of esters is 1. The minimum absolute atomic E-state index is 0.00384. The van der Waals surface area contributed by atoms with E-state index < -0.39 is 18.5 Å². The van der Waals surface area contributed by atoms with E-state index in [0.29, 0.717) is 35.3 Å². The van der Waals surface area contributed by atoms with Gasteiger partial charge in [0.1, 0.15) is 13.2 Å². The van der Waals surface area contributed by atoms with Crippen LogP contribution >= 0.6 is 23.2 Å². The van der Waals surface area contributed by atoms with E-state index in [1.54, 1.807) is 18.2 Å². The van der Waals surface area contributed by atoms with Crippen LogP contribution in [0.15, 0.2) is 30.5 Å². The van der Waals surface area contributed by atoms with Gasteiger partial charge in [-0.05, 0) is 23.8 Å². The third-order valence-corrected chi connectivity index (χ3v) is 3.88. The maximum absolute atomic E-state index is 11.9. The summed E-state index contributed by atoms with van der Waals surface area (Å²) in [4.78, 5) is 27.6. The molecule has 1 aromatic heterocycles. The highest BCUT2D eigenvalue weighted by molar-refractivity contribution is 6.36. The number of carbonyl (C=O) groups excluding carboxylic acids is 2. The molecule has 0 saturated carbocycles. The Morgan fingerprint density at radius 1 is 1.15 bits per heavy atom. The molecular weight excluding hydrogens is 383 g/mol. The van der Waals surface area contributed by atoms with Crippen LogP contribution < -0.4 is 14.8 Å². The number of nitrogens with zero attached hydrogens (tertiary/aromatic N) is 1. The Labute approximate surface area is 159 Å². The number of anilines is 1. The minimum atomic E-state index is -0.558. The van der Waals surface area contributed by atoms with Crippen LogP contribution in [0.5, 0.6) is 11.5 Å². The van der Waals surface area contributed by atoms with Crippen LogP contribution in [0.4, 0.5) is 5.82 Å². The van der Waals surface area contributed by atoms with Gasteiger partial charge in [-0.15, -0.1) is 0 Å². The van der Waals surface area contributed by atoms with E-state index in [4.69, 9.17) is 37.4 Å². The van der Waals surface area contributed by atoms with Crippen LogP contribution in [0.2, 0.25) is 10.0 Å². The second-order valence-electron chi connectivity index (χ2n) is 5.35. The Morgan fingerprint density at radius 2 is 1.92 bits per heavy atom. The third kappa shape index (κ3) is 4.77. The molecule has 3 rings (SSSR count). The van der Waals surface area contributed by atoms with E-state index in [1.807, 2.05) is 0 Å². The second-order valence-corrected chi connectivity index (χ2v) is 6.19. The van der Waals surface area contributed by atoms with Crippen molar-refractivity contribution in [1.82, 2.24) is 4.98 Å². The van der Waals surface area contributed by atoms with Gasteiger partial charge < -0.3 is 19.5 Å². The van der Waals surface area contributed by atoms with Crippen LogP contribution in [0.25, 0.3) is 0 Å². The summed E-state index contributed by atoms with van der Waals surface area (Å²) in [5.41, 5.74) is 0.696. The fourth-order valence-corrected chi connectivity index (χ4v) is 2.66. The molecule has 1 N–H and O–H groups in total. The van der Waals surface area contributed by atoms with Crippen molar-refractivity contribution < 1.29 is 23.8 Å². The quantitative estimate of drug-likeness (QED) is 0.781. The predicted molar refractivity (Wildman–Crippen MR) is 95.0 cm³/mol. The third-order valence-electron chi connectivity index (χ3n) is 3.38. The molecule has 0 unspecified atom stereocenters. The van der Waals surface area contributed by atoms with Crippen LogP contribution in [0.1, 0.15) is 5.56 Å². The van der Waals surface area contributed by atoms with E-state index in [9.17, 15) is 9.59 Å². The summed E-state index contributed by atoms with van der Waals surface area (Å²) in [6.45, 7) is 0.502. The molecule has 1 amide bonds. The van der Waals surface area contributed by atoms with Gasteiger partial charge in [0.15, 0.2) is 23.9 Å². The van der Waals surface area contributed by atoms with Gasteiger partial charge in [-0.1, -0.05) is 29.3 Å². The number of rotatable bonds is 5. The van der Waals surface area contributed by atoms with Gasteiger partial charge in [-0.25, -0.2) is 4.98 Å². The van der Waals surface area contributed by atoms with Gasteiger partial charge >= 0.3 is 5.97 Å². The van der Waals surface area contributed by atoms with Crippen molar-refractivity contribution in [3.63, 3.8) is 0 Å². The normalized spacial score (nSPS) is 12.4. The van der Waals surface area contributed by atoms with Gasteiger partial charge in [0, 0.05) is 6.20 Å². The number of ether oxygens (including phenoxy) is 3. The highest BCUT2D eigenvalue weighted by Gasteiger charge is 2.15. The van der Waals surface area contributed by atoms with Crippen LogP contribution in [0.3, 0.4) is 0 Å². The molecule has 0 atom stereocenters. The van der Waals surface area contributed by atoms with Gasteiger partial charge in [-0.3, -0.25) is 9.59 Å². The first-order valence-corrected chi connectivity index (χ1v) is 8.42. The molecule has 0 bridgehead atoms. The zero-order valence-corrected chi connectivity index (χ0v) is 15.0. The molecule has 0 spiro atoms. The first-order chi connectivity index (χ1) is 12.5. The maximum Gasteiger partial charge on any atom is 0.310 e. The number of hydrogen-bond donors (Lipinski definition) is 1. The molecule has 0 aliphatic carbocycles. The Balaban J connectivity index is 1.50. The largest absolute Gasteiger partial charge is 0.486 e. The Kier molecular flexibility index (Phi) is 5.80. The first-order valence-electron chi connectivity index (χ1n) is 7.66. The Bertz CT molecular complexity index is 844. The molecule has 0 radical (unpaired) electrons. The molecule has 2 heterocycles. The van der Waals surface area contributed by atoms with Crippen LogP contribution in [0, 0.1) is 0 Å². The lowest BCUT2D eigenvalue weighted by Gasteiger charge is -2.18. The number of hydrogen-bond acceptors (Lipinski definition) is 6. The maximum atomic E-state index is 11.9. The smallest absolute Gasteiger partial charge is 0.310 e. The van der Waals surface area contributed by atoms with Crippen molar-refractivity contribution in [3.05, 3.63) is 46.1 Å². The van der Waals surface area contributed by atoms with Crippen molar-refractivity contribution in [2.24, 2.45) is 0 Å². The summed E-state index contributed by atoms with van der Waals surface area (Å²) in [5, 5.41) is 2.98. The molecule has 2 aromatic rings. The number of amides is 1. The molecular formula is C17H14Cl2N2O5. The lowest BCUT2D eigenvalue weighted by atomic mass is 10.1. The summed E-state index contributed by atoms with van der Waals surface area (Å²) in [5.74, 6) is 0.260. The number of nitrogens with one attached hydrogen (secondary N) is 1. The average Bonchev–Trinajstić information content (AvgIpc) is 2.62. The number of halogens is 2. The molecule has 7 nitrogen and oxygen atoms in total. The molecule has 9 heteroatoms. The van der Waals surface area contributed by atoms with Gasteiger partial charge in [0.05, 0.1) is 16.5 Å². The van der Waals surface area contributed by atoms with E-state index in [1.165, 1.54) is 12.3 Å². The van der Waals surface area contributed by atoms with Crippen molar-refractivity contribution >= 4 is 40.9 Å². The number of fused-ring (bicyclic) bond motifs is 1. The van der Waals surface area contributed by atoms with Crippen molar-refractivity contribution in [2.45, 2.75) is 6.42 Å². The molecule has 0 fully saturated rings. The molecule has 136 valence electrons. The van der Waals surface area contributed by atoms with Gasteiger partial charge in [-0.2, -0.15) is 0 Å². The summed E-state index contributed by atoms with van der Waals surface area (Å²) < 4.78 is 15.8. The minimum Gasteiger partial charge on any atom is -0.486 e. The van der Waals surface area contributed by atoms with Gasteiger partial charge in [0.2, 0.25) is 0 Å². The molecule has 1 aromatic carbocycles. The Morgan fingerprint density at radius 3 is 2.69 bits per heavy atom. The standard InChI is InChI=1S/C17H14Cl2N2O5/c18-11-7-12(19)17(20-8-11)21-15(22)9-26-16(23)6-10-1-2-13-14(5-10)25-4-3-24-13/h1-2,5,7-8H,3-4,6,9H2,(H,20,21,22). The number of aromatic nitrogens is 1. The fraction of sp³-hybridized carbons (Fsp3) is 0.235. The highest BCUT2D eigenvalue weighted by Crippen LogP contribution is 2.30. The summed E-state index contributed by atoms with van der Waals surface area (Å²) in [6, 6.07) is 6.64. The Hall–Kier alpha value is -2.51. The van der Waals surface area contributed by atoms with Crippen molar-refractivity contribution in [3.8, 4) is 11.5 Å². The molecule has 26 heavy (non-hydrogen) atoms. The SMILES string of the molecule is O=C(COC(=O)Cc1ccc2c(c1)OCCO2)Nc1ncc(Cl)cc1Cl. The number of benzene rings is 1. The van der Waals surface area contributed by atoms with Crippen molar-refractivity contribution in [1.29, 1.82) is 0 Å². The molecule has 0 saturated heterocycles. The number of pyridine rings is 1. The lowest BCUT2D eigenvalue weighted by molar-refractivity contribution is -0.146. The van der Waals surface area contributed by atoms with E-state index in [2.05, 4.69) is 10.3 Å². The monoisotopic (exact) mass is 396 g/mol. The van der Waals surface area contributed by atoms with E-state index in [-0.39, 0.29) is 17.3 Å². The second kappa shape index (κ2) is 8.25. The van der Waals surface area contributed by atoms with Crippen LogP contribution in [-0.4, -0.2) is 36.7 Å². The first kappa shape index (κ1) is 18.3. The predicted octanol–water partition coefficient (Wildman–Crippen LogP) is 2.88. The van der Waals surface area contributed by atoms with Crippen molar-refractivity contribution in [2.75, 3.05) is 25.1 Å². The summed E-state index contributed by atoms with van der Waals surface area (Å²) in [7, 11) is 0. The topological polar surface area (TPSA) is 86.8 Å². The highest BCUT2D eigenvalue weighted by atomic mass is 35.5. The summed E-state index contributed by atoms with van der Waals surface area (Å²) in [6.07, 6.45) is 1.35. The van der Waals surface area contributed by atoms with E-state index >= 15 is 0 Å². The number of carbonyl (C=O) groups is 2. The van der Waals surface area contributed by atoms with Crippen LogP contribution in [-0.2, 0) is 20.7 Å². The van der Waals surface area contributed by atoms with E-state index in [0.717, 1.165) is 0 Å². The van der Waals surface area contributed by atoms with Gasteiger partial charge in [0.25, 0.3) is 5.91 Å². The molecule has 1 aliphatic heterocycles. The lowest BCUT2D eigenvalue weighted by Crippen LogP contribution is -2.22. The summed E-state index contributed by atoms with van der Waals surface area (Å²) >= 11 is 11.6. The zero-order valence-electron chi connectivity index (χ0n) is 13.5.